The summed E-state index contributed by atoms with van der Waals surface area (Å²) in [5.41, 5.74) is 3.68. The van der Waals surface area contributed by atoms with Gasteiger partial charge in [0.25, 0.3) is 5.56 Å². The number of hydrogen-bond acceptors (Lipinski definition) is 6. The van der Waals surface area contributed by atoms with Crippen LogP contribution in [0.4, 0.5) is 5.82 Å². The maximum atomic E-state index is 11.8. The van der Waals surface area contributed by atoms with Crippen LogP contribution in [0.15, 0.2) is 23.3 Å². The van der Waals surface area contributed by atoms with Crippen molar-refractivity contribution in [2.45, 2.75) is 20.4 Å². The molecular weight excluding hydrogens is 232 g/mol. The highest BCUT2D eigenvalue weighted by Gasteiger charge is 2.05. The number of hydrogen-bond donors (Lipinski definition) is 2. The highest BCUT2D eigenvalue weighted by atomic mass is 16.1. The van der Waals surface area contributed by atoms with E-state index in [1.807, 2.05) is 0 Å². The second-order valence-electron chi connectivity index (χ2n) is 3.91. The first-order chi connectivity index (χ1) is 8.60. The molecule has 3 N–H and O–H groups in total. The Kier molecular flexibility index (Phi) is 3.33. The molecule has 0 unspecified atom stereocenters. The molecule has 0 fully saturated rings. The van der Waals surface area contributed by atoms with E-state index in [2.05, 4.69) is 20.4 Å². The molecular formula is C11H14N6O. The predicted octanol–water partition coefficient (Wildman–Crippen LogP) is -0.0160. The minimum atomic E-state index is -0.0946. The number of aromatic nitrogens is 4. The van der Waals surface area contributed by atoms with E-state index >= 15 is 0 Å². The van der Waals surface area contributed by atoms with Crippen LogP contribution in [0, 0.1) is 13.8 Å². The second-order valence-corrected chi connectivity index (χ2v) is 3.91. The summed E-state index contributed by atoms with van der Waals surface area (Å²) in [7, 11) is 0. The molecule has 2 aromatic heterocycles. The van der Waals surface area contributed by atoms with Crippen LogP contribution < -0.4 is 16.8 Å². The van der Waals surface area contributed by atoms with E-state index in [0.29, 0.717) is 29.6 Å². The maximum absolute atomic E-state index is 11.8. The van der Waals surface area contributed by atoms with Gasteiger partial charge in [-0.2, -0.15) is 0 Å². The van der Waals surface area contributed by atoms with E-state index in [9.17, 15) is 4.79 Å². The molecule has 0 aliphatic rings. The van der Waals surface area contributed by atoms with Crippen molar-refractivity contribution in [1.82, 2.24) is 19.5 Å². The molecule has 94 valence electrons. The van der Waals surface area contributed by atoms with E-state index < -0.39 is 0 Å². The van der Waals surface area contributed by atoms with Crippen LogP contribution in [-0.2, 0) is 6.54 Å². The number of anilines is 1. The molecule has 2 heterocycles. The van der Waals surface area contributed by atoms with Crippen LogP contribution in [-0.4, -0.2) is 19.5 Å². The van der Waals surface area contributed by atoms with Crippen LogP contribution in [0.25, 0.3) is 0 Å². The van der Waals surface area contributed by atoms with Gasteiger partial charge >= 0.3 is 0 Å². The van der Waals surface area contributed by atoms with Crippen molar-refractivity contribution in [1.29, 1.82) is 0 Å². The fourth-order valence-electron chi connectivity index (χ4n) is 1.63. The third-order valence-electron chi connectivity index (χ3n) is 2.50. The summed E-state index contributed by atoms with van der Waals surface area (Å²) in [5.74, 6) is 6.33. The van der Waals surface area contributed by atoms with Crippen molar-refractivity contribution in [3.8, 4) is 0 Å². The van der Waals surface area contributed by atoms with Crippen LogP contribution in [0.5, 0.6) is 0 Å². The minimum absolute atomic E-state index is 0.0946. The normalized spacial score (nSPS) is 10.4. The molecule has 0 aliphatic heterocycles. The number of rotatable bonds is 3. The number of nitrogens with zero attached hydrogens (tertiary/aromatic N) is 4. The van der Waals surface area contributed by atoms with Crippen LogP contribution in [0.1, 0.15) is 17.2 Å². The molecule has 0 spiro atoms. The maximum Gasteiger partial charge on any atom is 0.254 e. The summed E-state index contributed by atoms with van der Waals surface area (Å²) in [5, 5.41) is 0. The van der Waals surface area contributed by atoms with E-state index in [0.717, 1.165) is 0 Å². The van der Waals surface area contributed by atoms with Gasteiger partial charge in [0, 0.05) is 11.8 Å². The van der Waals surface area contributed by atoms with Gasteiger partial charge in [0.2, 0.25) is 0 Å². The van der Waals surface area contributed by atoms with Gasteiger partial charge in [0.15, 0.2) is 5.82 Å². The fourth-order valence-corrected chi connectivity index (χ4v) is 1.63. The summed E-state index contributed by atoms with van der Waals surface area (Å²) in [6.07, 6.45) is 3.08. The average molecular weight is 246 g/mol. The Balaban J connectivity index is 2.31. The first-order valence-electron chi connectivity index (χ1n) is 5.43. The molecule has 0 bridgehead atoms. The van der Waals surface area contributed by atoms with Gasteiger partial charge in [0.05, 0.1) is 24.6 Å². The number of nitrogens with one attached hydrogen (secondary N) is 1. The molecule has 0 aromatic carbocycles. The van der Waals surface area contributed by atoms with Gasteiger partial charge in [-0.3, -0.25) is 14.3 Å². The lowest BCUT2D eigenvalue weighted by atomic mass is 10.4. The zero-order valence-corrected chi connectivity index (χ0v) is 10.2. The minimum Gasteiger partial charge on any atom is -0.307 e. The smallest absolute Gasteiger partial charge is 0.254 e. The SMILES string of the molecule is Cc1cc(=O)n(Cc2cnc(NN)cn2)c(C)n1. The zero-order chi connectivity index (χ0) is 13.1. The van der Waals surface area contributed by atoms with Gasteiger partial charge in [-0.25, -0.2) is 15.8 Å². The summed E-state index contributed by atoms with van der Waals surface area (Å²) in [6.45, 7) is 3.92. The standard InChI is InChI=1S/C11H14N6O/c1-7-3-11(18)17(8(2)15-7)6-9-4-14-10(16-12)5-13-9/h3-5H,6,12H2,1-2H3,(H,14,16). The van der Waals surface area contributed by atoms with E-state index in [1.165, 1.54) is 12.3 Å². The summed E-state index contributed by atoms with van der Waals surface area (Å²) >= 11 is 0. The predicted molar refractivity (Wildman–Crippen MR) is 66.9 cm³/mol. The van der Waals surface area contributed by atoms with Crippen molar-refractivity contribution in [2.24, 2.45) is 5.84 Å². The summed E-state index contributed by atoms with van der Waals surface area (Å²) < 4.78 is 1.55. The Labute approximate surface area is 104 Å². The fraction of sp³-hybridized carbons (Fsp3) is 0.273. The van der Waals surface area contributed by atoms with Gasteiger partial charge in [-0.1, -0.05) is 0 Å². The van der Waals surface area contributed by atoms with Gasteiger partial charge < -0.3 is 5.43 Å². The molecule has 7 heteroatoms. The first-order valence-corrected chi connectivity index (χ1v) is 5.43. The number of hydrazine groups is 1. The Hall–Kier alpha value is -2.28. The zero-order valence-electron chi connectivity index (χ0n) is 10.2. The first kappa shape index (κ1) is 12.2. The molecule has 0 saturated heterocycles. The van der Waals surface area contributed by atoms with Crippen molar-refractivity contribution < 1.29 is 0 Å². The Morgan fingerprint density at radius 2 is 2.11 bits per heavy atom. The number of nitrogens with two attached hydrogens (primary N) is 1. The summed E-state index contributed by atoms with van der Waals surface area (Å²) in [4.78, 5) is 24.3. The van der Waals surface area contributed by atoms with Crippen LogP contribution >= 0.6 is 0 Å². The monoisotopic (exact) mass is 246 g/mol. The molecule has 0 aliphatic carbocycles. The third kappa shape index (κ3) is 2.51. The topological polar surface area (TPSA) is 98.7 Å². The van der Waals surface area contributed by atoms with Gasteiger partial charge in [-0.05, 0) is 13.8 Å². The molecule has 0 radical (unpaired) electrons. The molecule has 2 aromatic rings. The molecule has 2 rings (SSSR count). The van der Waals surface area contributed by atoms with E-state index in [4.69, 9.17) is 5.84 Å². The van der Waals surface area contributed by atoms with E-state index in [1.54, 1.807) is 24.6 Å². The average Bonchev–Trinajstić information content (AvgIpc) is 2.34. The molecule has 0 amide bonds. The summed E-state index contributed by atoms with van der Waals surface area (Å²) in [6, 6.07) is 1.50. The highest BCUT2D eigenvalue weighted by Crippen LogP contribution is 2.02. The lowest BCUT2D eigenvalue weighted by Gasteiger charge is -2.09. The van der Waals surface area contributed by atoms with Crippen LogP contribution in [0.3, 0.4) is 0 Å². The highest BCUT2D eigenvalue weighted by molar-refractivity contribution is 5.28. The second kappa shape index (κ2) is 4.92. The molecule has 7 nitrogen and oxygen atoms in total. The molecule has 0 saturated carbocycles. The van der Waals surface area contributed by atoms with Crippen molar-refractivity contribution in [3.63, 3.8) is 0 Å². The third-order valence-corrected chi connectivity index (χ3v) is 2.50. The Bertz CT molecular complexity index is 604. The van der Waals surface area contributed by atoms with E-state index in [-0.39, 0.29) is 5.56 Å². The van der Waals surface area contributed by atoms with Crippen molar-refractivity contribution >= 4 is 5.82 Å². The lowest BCUT2D eigenvalue weighted by Crippen LogP contribution is -2.24. The number of aryl methyl sites for hydroxylation is 2. The quantitative estimate of drug-likeness (QED) is 0.583. The van der Waals surface area contributed by atoms with Crippen molar-refractivity contribution in [3.05, 3.63) is 46.0 Å². The largest absolute Gasteiger partial charge is 0.307 e. The molecule has 0 atom stereocenters. The number of nitrogen functional groups attached to an aromatic ring is 1. The van der Waals surface area contributed by atoms with Crippen molar-refractivity contribution in [2.75, 3.05) is 5.43 Å². The van der Waals surface area contributed by atoms with Gasteiger partial charge in [-0.15, -0.1) is 0 Å². The Morgan fingerprint density at radius 1 is 1.33 bits per heavy atom. The Morgan fingerprint density at radius 3 is 2.67 bits per heavy atom. The lowest BCUT2D eigenvalue weighted by molar-refractivity contribution is 0.678. The van der Waals surface area contributed by atoms with Gasteiger partial charge in [0.1, 0.15) is 5.82 Å². The molecule has 18 heavy (non-hydrogen) atoms. The van der Waals surface area contributed by atoms with Crippen LogP contribution in [0.2, 0.25) is 0 Å².